The molecule has 4 rings (SSSR count). The standard InChI is InChI=1S/C22H24N2O2/c1-15-9-11-18(12-10-15)24-14-17(13-21(24)25)22(26)23-20-8-4-6-16-5-2-3-7-19(16)20/h2-3,5,7,9-12,17,20H,4,6,8,13-14H2,1H3,(H,23,26). The van der Waals surface area contributed by atoms with Gasteiger partial charge in [0.15, 0.2) is 0 Å². The van der Waals surface area contributed by atoms with Gasteiger partial charge in [0.2, 0.25) is 11.8 Å². The van der Waals surface area contributed by atoms with Gasteiger partial charge in [-0.3, -0.25) is 9.59 Å². The summed E-state index contributed by atoms with van der Waals surface area (Å²) in [6, 6.07) is 16.3. The fourth-order valence-corrected chi connectivity index (χ4v) is 4.05. The van der Waals surface area contributed by atoms with E-state index in [-0.39, 0.29) is 30.2 Å². The lowest BCUT2D eigenvalue weighted by atomic mass is 9.87. The van der Waals surface area contributed by atoms with Crippen LogP contribution in [0, 0.1) is 12.8 Å². The Morgan fingerprint density at radius 1 is 1.12 bits per heavy atom. The number of aryl methyl sites for hydroxylation is 2. The van der Waals surface area contributed by atoms with Crippen molar-refractivity contribution in [1.29, 1.82) is 0 Å². The van der Waals surface area contributed by atoms with Gasteiger partial charge in [0.25, 0.3) is 0 Å². The fraction of sp³-hybridized carbons (Fsp3) is 0.364. The molecule has 0 saturated carbocycles. The summed E-state index contributed by atoms with van der Waals surface area (Å²) in [6.45, 7) is 2.48. The molecule has 1 heterocycles. The van der Waals surface area contributed by atoms with E-state index in [2.05, 4.69) is 23.5 Å². The average molecular weight is 348 g/mol. The molecule has 2 unspecified atom stereocenters. The molecule has 1 fully saturated rings. The highest BCUT2D eigenvalue weighted by molar-refractivity contribution is 6.00. The second-order valence-corrected chi connectivity index (χ2v) is 7.39. The summed E-state index contributed by atoms with van der Waals surface area (Å²) in [5.41, 5.74) is 4.59. The van der Waals surface area contributed by atoms with E-state index < -0.39 is 0 Å². The Bertz CT molecular complexity index is 828. The minimum Gasteiger partial charge on any atom is -0.349 e. The molecule has 2 aromatic rings. The molecule has 2 amide bonds. The van der Waals surface area contributed by atoms with Crippen molar-refractivity contribution in [1.82, 2.24) is 5.32 Å². The van der Waals surface area contributed by atoms with Gasteiger partial charge in [0.1, 0.15) is 0 Å². The number of nitrogens with zero attached hydrogens (tertiary/aromatic N) is 1. The van der Waals surface area contributed by atoms with Crippen LogP contribution in [0.15, 0.2) is 48.5 Å². The van der Waals surface area contributed by atoms with Crippen LogP contribution in [0.1, 0.15) is 42.0 Å². The quantitative estimate of drug-likeness (QED) is 0.922. The molecule has 134 valence electrons. The van der Waals surface area contributed by atoms with E-state index in [1.165, 1.54) is 11.1 Å². The van der Waals surface area contributed by atoms with E-state index in [9.17, 15) is 9.59 Å². The molecule has 4 heteroatoms. The molecule has 0 bridgehead atoms. The number of carbonyl (C=O) groups excluding carboxylic acids is 2. The Hall–Kier alpha value is -2.62. The first-order valence-electron chi connectivity index (χ1n) is 9.37. The van der Waals surface area contributed by atoms with Gasteiger partial charge in [-0.15, -0.1) is 0 Å². The molecule has 0 aromatic heterocycles. The van der Waals surface area contributed by atoms with Crippen LogP contribution in [-0.4, -0.2) is 18.4 Å². The third-order valence-corrected chi connectivity index (χ3v) is 5.53. The van der Waals surface area contributed by atoms with Crippen molar-refractivity contribution < 1.29 is 9.59 Å². The molecule has 2 aromatic carbocycles. The summed E-state index contributed by atoms with van der Waals surface area (Å²) >= 11 is 0. The van der Waals surface area contributed by atoms with Crippen molar-refractivity contribution in [2.24, 2.45) is 5.92 Å². The monoisotopic (exact) mass is 348 g/mol. The number of carbonyl (C=O) groups is 2. The number of benzene rings is 2. The third kappa shape index (κ3) is 3.24. The van der Waals surface area contributed by atoms with Crippen LogP contribution >= 0.6 is 0 Å². The molecular formula is C22H24N2O2. The Kier molecular flexibility index (Phi) is 4.49. The summed E-state index contributed by atoms with van der Waals surface area (Å²) in [4.78, 5) is 27.0. The number of hydrogen-bond donors (Lipinski definition) is 1. The SMILES string of the molecule is Cc1ccc(N2CC(C(=O)NC3CCCc4ccccc43)CC2=O)cc1. The van der Waals surface area contributed by atoms with E-state index >= 15 is 0 Å². The summed E-state index contributed by atoms with van der Waals surface area (Å²) in [5, 5.41) is 3.20. The maximum Gasteiger partial charge on any atom is 0.227 e. The van der Waals surface area contributed by atoms with Crippen LogP contribution in [0.25, 0.3) is 0 Å². The molecule has 0 radical (unpaired) electrons. The maximum absolute atomic E-state index is 12.8. The normalized spacial score (nSPS) is 22.2. The highest BCUT2D eigenvalue weighted by Crippen LogP contribution is 2.31. The molecule has 2 atom stereocenters. The zero-order valence-electron chi connectivity index (χ0n) is 15.1. The maximum atomic E-state index is 12.8. The molecule has 0 spiro atoms. The Labute approximate surface area is 154 Å². The van der Waals surface area contributed by atoms with Crippen molar-refractivity contribution in [3.8, 4) is 0 Å². The molecular weight excluding hydrogens is 324 g/mol. The lowest BCUT2D eigenvalue weighted by Crippen LogP contribution is -2.36. The van der Waals surface area contributed by atoms with Gasteiger partial charge in [-0.2, -0.15) is 0 Å². The first kappa shape index (κ1) is 16.8. The van der Waals surface area contributed by atoms with E-state index in [0.717, 1.165) is 30.5 Å². The van der Waals surface area contributed by atoms with Crippen LogP contribution in [0.2, 0.25) is 0 Å². The zero-order chi connectivity index (χ0) is 18.1. The molecule has 4 nitrogen and oxygen atoms in total. The first-order valence-corrected chi connectivity index (χ1v) is 9.37. The average Bonchev–Trinajstić information content (AvgIpc) is 3.05. The number of hydrogen-bond acceptors (Lipinski definition) is 2. The molecule has 1 saturated heterocycles. The van der Waals surface area contributed by atoms with Gasteiger partial charge in [-0.25, -0.2) is 0 Å². The number of anilines is 1. The molecule has 26 heavy (non-hydrogen) atoms. The second-order valence-electron chi connectivity index (χ2n) is 7.39. The lowest BCUT2D eigenvalue weighted by Gasteiger charge is -2.27. The minimum absolute atomic E-state index is 0.00494. The summed E-state index contributed by atoms with van der Waals surface area (Å²) < 4.78 is 0. The van der Waals surface area contributed by atoms with Crippen molar-refractivity contribution in [2.45, 2.75) is 38.6 Å². The molecule has 2 aliphatic rings. The van der Waals surface area contributed by atoms with Gasteiger partial charge in [0.05, 0.1) is 12.0 Å². The number of rotatable bonds is 3. The summed E-state index contributed by atoms with van der Waals surface area (Å²) in [6.07, 6.45) is 3.41. The van der Waals surface area contributed by atoms with E-state index in [1.807, 2.05) is 37.3 Å². The number of amides is 2. The predicted octanol–water partition coefficient (Wildman–Crippen LogP) is 3.54. The van der Waals surface area contributed by atoms with Gasteiger partial charge in [-0.05, 0) is 49.4 Å². The van der Waals surface area contributed by atoms with Crippen molar-refractivity contribution in [3.63, 3.8) is 0 Å². The van der Waals surface area contributed by atoms with E-state index in [1.54, 1.807) is 4.90 Å². The lowest BCUT2D eigenvalue weighted by molar-refractivity contribution is -0.127. The topological polar surface area (TPSA) is 49.4 Å². The van der Waals surface area contributed by atoms with Crippen molar-refractivity contribution >= 4 is 17.5 Å². The van der Waals surface area contributed by atoms with Gasteiger partial charge in [0, 0.05) is 18.7 Å². The summed E-state index contributed by atoms with van der Waals surface area (Å²) in [5.74, 6) is -0.259. The van der Waals surface area contributed by atoms with Gasteiger partial charge >= 0.3 is 0 Å². The van der Waals surface area contributed by atoms with Crippen LogP contribution in [0.4, 0.5) is 5.69 Å². The Morgan fingerprint density at radius 2 is 1.88 bits per heavy atom. The second kappa shape index (κ2) is 6.94. The largest absolute Gasteiger partial charge is 0.349 e. The van der Waals surface area contributed by atoms with E-state index in [4.69, 9.17) is 0 Å². The van der Waals surface area contributed by atoms with Crippen molar-refractivity contribution in [3.05, 3.63) is 65.2 Å². The highest BCUT2D eigenvalue weighted by atomic mass is 16.2. The molecule has 1 aliphatic carbocycles. The fourth-order valence-electron chi connectivity index (χ4n) is 4.05. The van der Waals surface area contributed by atoms with Crippen LogP contribution in [0.3, 0.4) is 0 Å². The van der Waals surface area contributed by atoms with Crippen LogP contribution in [0.5, 0.6) is 0 Å². The molecule has 1 N–H and O–H groups in total. The number of nitrogens with one attached hydrogen (secondary N) is 1. The van der Waals surface area contributed by atoms with Crippen molar-refractivity contribution in [2.75, 3.05) is 11.4 Å². The Morgan fingerprint density at radius 3 is 2.69 bits per heavy atom. The molecule has 1 aliphatic heterocycles. The Balaban J connectivity index is 1.45. The predicted molar refractivity (Wildman–Crippen MR) is 102 cm³/mol. The van der Waals surface area contributed by atoms with E-state index in [0.29, 0.717) is 6.54 Å². The van der Waals surface area contributed by atoms with Gasteiger partial charge in [-0.1, -0.05) is 42.0 Å². The zero-order valence-corrected chi connectivity index (χ0v) is 15.1. The minimum atomic E-state index is -0.280. The van der Waals surface area contributed by atoms with Crippen LogP contribution < -0.4 is 10.2 Å². The third-order valence-electron chi connectivity index (χ3n) is 5.53. The summed E-state index contributed by atoms with van der Waals surface area (Å²) in [7, 11) is 0. The van der Waals surface area contributed by atoms with Gasteiger partial charge < -0.3 is 10.2 Å². The highest BCUT2D eigenvalue weighted by Gasteiger charge is 2.36. The smallest absolute Gasteiger partial charge is 0.227 e. The van der Waals surface area contributed by atoms with Crippen LogP contribution in [-0.2, 0) is 16.0 Å². The number of fused-ring (bicyclic) bond motifs is 1. The first-order chi connectivity index (χ1) is 12.6.